The standard InChI is InChI=1S/C18H26N4O2/c1-4-24-18(23)14-6-5-7-15-17(14)20-16(19-15)12-22-10-8-13(9-11-22)21(2)3/h5-7,13H,4,8-12H2,1-3H3,(H,19,20). The van der Waals surface area contributed by atoms with Crippen molar-refractivity contribution in [1.82, 2.24) is 19.8 Å². The van der Waals surface area contributed by atoms with Crippen LogP contribution in [0.3, 0.4) is 0 Å². The van der Waals surface area contributed by atoms with Crippen molar-refractivity contribution in [3.63, 3.8) is 0 Å². The minimum absolute atomic E-state index is 0.312. The lowest BCUT2D eigenvalue weighted by Crippen LogP contribution is -2.41. The molecular weight excluding hydrogens is 304 g/mol. The van der Waals surface area contributed by atoms with Gasteiger partial charge in [0.05, 0.1) is 24.2 Å². The number of ether oxygens (including phenoxy) is 1. The third-order valence-electron chi connectivity index (χ3n) is 4.72. The molecule has 130 valence electrons. The molecule has 0 radical (unpaired) electrons. The van der Waals surface area contributed by atoms with Crippen LogP contribution in [0.15, 0.2) is 18.2 Å². The fraction of sp³-hybridized carbons (Fsp3) is 0.556. The van der Waals surface area contributed by atoms with Crippen LogP contribution in [0.25, 0.3) is 11.0 Å². The fourth-order valence-electron chi connectivity index (χ4n) is 3.34. The number of benzene rings is 1. The topological polar surface area (TPSA) is 61.5 Å². The Kier molecular flexibility index (Phi) is 5.16. The van der Waals surface area contributed by atoms with E-state index in [0.717, 1.165) is 31.0 Å². The Morgan fingerprint density at radius 2 is 2.12 bits per heavy atom. The van der Waals surface area contributed by atoms with Gasteiger partial charge < -0.3 is 14.6 Å². The van der Waals surface area contributed by atoms with Crippen LogP contribution in [0.2, 0.25) is 0 Å². The van der Waals surface area contributed by atoms with Crippen molar-refractivity contribution in [2.75, 3.05) is 33.8 Å². The third kappa shape index (κ3) is 3.60. The molecule has 0 spiro atoms. The number of hydrogen-bond donors (Lipinski definition) is 1. The Morgan fingerprint density at radius 1 is 1.38 bits per heavy atom. The number of hydrogen-bond acceptors (Lipinski definition) is 5. The summed E-state index contributed by atoms with van der Waals surface area (Å²) in [5.74, 6) is 0.595. The molecule has 6 heteroatoms. The van der Waals surface area contributed by atoms with Crippen LogP contribution in [-0.2, 0) is 11.3 Å². The number of piperidine rings is 1. The summed E-state index contributed by atoms with van der Waals surface area (Å²) in [7, 11) is 4.30. The molecular formula is C18H26N4O2. The normalized spacial score (nSPS) is 16.8. The van der Waals surface area contributed by atoms with Crippen molar-refractivity contribution in [2.24, 2.45) is 0 Å². The van der Waals surface area contributed by atoms with Gasteiger partial charge in [0.15, 0.2) is 0 Å². The van der Waals surface area contributed by atoms with Crippen molar-refractivity contribution in [2.45, 2.75) is 32.4 Å². The van der Waals surface area contributed by atoms with Crippen molar-refractivity contribution in [1.29, 1.82) is 0 Å². The highest BCUT2D eigenvalue weighted by molar-refractivity contribution is 6.01. The number of nitrogens with one attached hydrogen (secondary N) is 1. The zero-order valence-electron chi connectivity index (χ0n) is 14.7. The summed E-state index contributed by atoms with van der Waals surface area (Å²) >= 11 is 0. The number of nitrogens with zero attached hydrogens (tertiary/aromatic N) is 3. The third-order valence-corrected chi connectivity index (χ3v) is 4.72. The largest absolute Gasteiger partial charge is 0.462 e. The van der Waals surface area contributed by atoms with E-state index in [4.69, 9.17) is 4.74 Å². The van der Waals surface area contributed by atoms with Gasteiger partial charge >= 0.3 is 5.97 Å². The molecule has 0 saturated carbocycles. The summed E-state index contributed by atoms with van der Waals surface area (Å²) in [5.41, 5.74) is 2.12. The highest BCUT2D eigenvalue weighted by Crippen LogP contribution is 2.20. The number of esters is 1. The number of rotatable bonds is 5. The number of likely N-dealkylation sites (tertiary alicyclic amines) is 1. The molecule has 0 bridgehead atoms. The first-order valence-corrected chi connectivity index (χ1v) is 8.62. The van der Waals surface area contributed by atoms with Crippen LogP contribution in [-0.4, -0.2) is 65.6 Å². The molecule has 0 aliphatic carbocycles. The molecule has 0 atom stereocenters. The van der Waals surface area contributed by atoms with E-state index in [1.54, 1.807) is 6.07 Å². The van der Waals surface area contributed by atoms with Crippen molar-refractivity contribution in [3.8, 4) is 0 Å². The number of fused-ring (bicyclic) bond motifs is 1. The maximum atomic E-state index is 12.1. The van der Waals surface area contributed by atoms with Crippen LogP contribution >= 0.6 is 0 Å². The predicted octanol–water partition coefficient (Wildman–Crippen LogP) is 2.27. The molecule has 1 aromatic carbocycles. The van der Waals surface area contributed by atoms with Crippen LogP contribution in [0.5, 0.6) is 0 Å². The summed E-state index contributed by atoms with van der Waals surface area (Å²) in [6.45, 7) is 5.12. The molecule has 1 fully saturated rings. The van der Waals surface area contributed by atoms with Crippen LogP contribution in [0, 0.1) is 0 Å². The van der Waals surface area contributed by atoms with E-state index < -0.39 is 0 Å². The van der Waals surface area contributed by atoms with Crippen molar-refractivity contribution in [3.05, 3.63) is 29.6 Å². The van der Waals surface area contributed by atoms with Crippen LogP contribution < -0.4 is 0 Å². The summed E-state index contributed by atoms with van der Waals surface area (Å²) in [5, 5.41) is 0. The van der Waals surface area contributed by atoms with Gasteiger partial charge in [0.2, 0.25) is 0 Å². The molecule has 1 saturated heterocycles. The van der Waals surface area contributed by atoms with Gasteiger partial charge in [-0.05, 0) is 46.0 Å². The van der Waals surface area contributed by atoms with Gasteiger partial charge in [-0.2, -0.15) is 0 Å². The van der Waals surface area contributed by atoms with E-state index in [2.05, 4.69) is 33.9 Å². The van der Waals surface area contributed by atoms with Gasteiger partial charge in [-0.3, -0.25) is 4.90 Å². The second-order valence-electron chi connectivity index (χ2n) is 6.58. The summed E-state index contributed by atoms with van der Waals surface area (Å²) < 4.78 is 5.12. The Hall–Kier alpha value is -1.92. The number of aromatic amines is 1. The average Bonchev–Trinajstić information content (AvgIpc) is 2.97. The SMILES string of the molecule is CCOC(=O)c1cccc2[nH]c(CN3CCC(N(C)C)CC3)nc12. The first kappa shape index (κ1) is 16.9. The average molecular weight is 330 g/mol. The number of para-hydroxylation sites is 1. The molecule has 1 aliphatic heterocycles. The Morgan fingerprint density at radius 3 is 2.79 bits per heavy atom. The first-order chi connectivity index (χ1) is 11.6. The van der Waals surface area contributed by atoms with Crippen LogP contribution in [0.1, 0.15) is 35.9 Å². The molecule has 3 rings (SSSR count). The minimum atomic E-state index is -0.312. The molecule has 2 heterocycles. The lowest BCUT2D eigenvalue weighted by atomic mass is 10.0. The van der Waals surface area contributed by atoms with Gasteiger partial charge in [-0.15, -0.1) is 0 Å². The second kappa shape index (κ2) is 7.32. The van der Waals surface area contributed by atoms with E-state index in [1.165, 1.54) is 12.8 Å². The van der Waals surface area contributed by atoms with Gasteiger partial charge in [0.25, 0.3) is 0 Å². The Labute approximate surface area is 142 Å². The molecule has 2 aromatic rings. The van der Waals surface area contributed by atoms with Gasteiger partial charge in [-0.1, -0.05) is 6.07 Å². The Bertz CT molecular complexity index is 702. The number of H-pyrrole nitrogens is 1. The van der Waals surface area contributed by atoms with E-state index in [0.29, 0.717) is 23.7 Å². The number of carbonyl (C=O) groups excluding carboxylic acids is 1. The summed E-state index contributed by atoms with van der Waals surface area (Å²) in [6.07, 6.45) is 2.36. The molecule has 1 aliphatic rings. The van der Waals surface area contributed by atoms with Crippen LogP contribution in [0.4, 0.5) is 0 Å². The van der Waals surface area contributed by atoms with E-state index in [-0.39, 0.29) is 5.97 Å². The molecule has 1 aromatic heterocycles. The zero-order chi connectivity index (χ0) is 17.1. The predicted molar refractivity (Wildman–Crippen MR) is 94.0 cm³/mol. The van der Waals surface area contributed by atoms with E-state index in [1.807, 2.05) is 19.1 Å². The lowest BCUT2D eigenvalue weighted by Gasteiger charge is -2.34. The number of imidazole rings is 1. The smallest absolute Gasteiger partial charge is 0.340 e. The summed E-state index contributed by atoms with van der Waals surface area (Å²) in [6, 6.07) is 6.26. The number of aromatic nitrogens is 2. The molecule has 24 heavy (non-hydrogen) atoms. The van der Waals surface area contributed by atoms with Gasteiger partial charge in [0, 0.05) is 19.1 Å². The minimum Gasteiger partial charge on any atom is -0.462 e. The molecule has 6 nitrogen and oxygen atoms in total. The van der Waals surface area contributed by atoms with E-state index in [9.17, 15) is 4.79 Å². The maximum Gasteiger partial charge on any atom is 0.340 e. The van der Waals surface area contributed by atoms with Gasteiger partial charge in [0.1, 0.15) is 11.3 Å². The highest BCUT2D eigenvalue weighted by Gasteiger charge is 2.22. The number of carbonyl (C=O) groups is 1. The molecule has 0 amide bonds. The quantitative estimate of drug-likeness (QED) is 0.852. The molecule has 1 N–H and O–H groups in total. The second-order valence-corrected chi connectivity index (χ2v) is 6.58. The molecule has 0 unspecified atom stereocenters. The monoisotopic (exact) mass is 330 g/mol. The zero-order valence-corrected chi connectivity index (χ0v) is 14.7. The highest BCUT2D eigenvalue weighted by atomic mass is 16.5. The van der Waals surface area contributed by atoms with Crippen molar-refractivity contribution >= 4 is 17.0 Å². The fourth-order valence-corrected chi connectivity index (χ4v) is 3.34. The van der Waals surface area contributed by atoms with Gasteiger partial charge in [-0.25, -0.2) is 9.78 Å². The van der Waals surface area contributed by atoms with E-state index >= 15 is 0 Å². The Balaban J connectivity index is 1.72. The maximum absolute atomic E-state index is 12.1. The lowest BCUT2D eigenvalue weighted by molar-refractivity contribution is 0.0528. The first-order valence-electron chi connectivity index (χ1n) is 8.62. The summed E-state index contributed by atoms with van der Waals surface area (Å²) in [4.78, 5) is 24.8. The van der Waals surface area contributed by atoms with Crippen molar-refractivity contribution < 1.29 is 9.53 Å².